The SMILES string of the molecule is CCCCC/C=C\C/C=C\CCCCCCCCCCCC(=O)OCC(COP(=O)([O-])OCC[N+](C)(C)C)OC(=O)CCCCCCCCCCC/C=C\C/C=C\CCCCC. The number of ether oxygens (including phenoxy) is 2. The zero-order chi connectivity index (χ0) is 45.7. The van der Waals surface area contributed by atoms with Crippen LogP contribution in [0.4, 0.5) is 0 Å². The highest BCUT2D eigenvalue weighted by molar-refractivity contribution is 7.45. The van der Waals surface area contributed by atoms with Crippen molar-refractivity contribution in [2.75, 3.05) is 47.5 Å². The molecule has 0 aliphatic carbocycles. The van der Waals surface area contributed by atoms with E-state index in [-0.39, 0.29) is 32.0 Å². The number of allylic oxidation sites excluding steroid dienone is 8. The van der Waals surface area contributed by atoms with Gasteiger partial charge >= 0.3 is 11.9 Å². The molecule has 0 spiro atoms. The first kappa shape index (κ1) is 60.0. The van der Waals surface area contributed by atoms with Crippen LogP contribution < -0.4 is 4.89 Å². The molecule has 2 unspecified atom stereocenters. The molecule has 0 heterocycles. The van der Waals surface area contributed by atoms with Crippen molar-refractivity contribution in [3.8, 4) is 0 Å². The Bertz CT molecular complexity index is 1190. The van der Waals surface area contributed by atoms with Gasteiger partial charge in [-0.3, -0.25) is 14.2 Å². The van der Waals surface area contributed by atoms with E-state index in [0.717, 1.165) is 64.2 Å². The summed E-state index contributed by atoms with van der Waals surface area (Å²) < 4.78 is 34.0. The maximum absolute atomic E-state index is 12.7. The summed E-state index contributed by atoms with van der Waals surface area (Å²) in [5, 5.41) is 0. The van der Waals surface area contributed by atoms with Gasteiger partial charge in [0.2, 0.25) is 0 Å². The summed E-state index contributed by atoms with van der Waals surface area (Å²) >= 11 is 0. The molecule has 0 amide bonds. The predicted molar refractivity (Wildman–Crippen MR) is 259 cm³/mol. The summed E-state index contributed by atoms with van der Waals surface area (Å²) in [5.74, 6) is -0.840. The Balaban J connectivity index is 4.27. The molecule has 10 heteroatoms. The van der Waals surface area contributed by atoms with Gasteiger partial charge in [0.25, 0.3) is 7.82 Å². The molecule has 0 radical (unpaired) electrons. The number of phosphoric acid groups is 1. The van der Waals surface area contributed by atoms with Gasteiger partial charge in [-0.25, -0.2) is 0 Å². The number of likely N-dealkylation sites (N-methyl/N-ethyl adjacent to an activating group) is 1. The summed E-state index contributed by atoms with van der Waals surface area (Å²) in [6.07, 6.45) is 52.7. The Morgan fingerprint density at radius 1 is 0.500 bits per heavy atom. The molecule has 0 aromatic carbocycles. The Kier molecular flexibility index (Phi) is 42.7. The highest BCUT2D eigenvalue weighted by Crippen LogP contribution is 2.38. The van der Waals surface area contributed by atoms with Crippen LogP contribution >= 0.6 is 7.82 Å². The molecule has 0 saturated heterocycles. The Morgan fingerprint density at radius 3 is 1.27 bits per heavy atom. The molecule has 0 fully saturated rings. The lowest BCUT2D eigenvalue weighted by molar-refractivity contribution is -0.870. The first-order chi connectivity index (χ1) is 30.0. The highest BCUT2D eigenvalue weighted by Gasteiger charge is 2.21. The van der Waals surface area contributed by atoms with E-state index in [9.17, 15) is 19.0 Å². The van der Waals surface area contributed by atoms with Crippen LogP contribution in [0.2, 0.25) is 0 Å². The van der Waals surface area contributed by atoms with E-state index in [1.54, 1.807) is 0 Å². The van der Waals surface area contributed by atoms with Crippen LogP contribution in [0.15, 0.2) is 48.6 Å². The summed E-state index contributed by atoms with van der Waals surface area (Å²) in [6, 6.07) is 0. The van der Waals surface area contributed by atoms with E-state index >= 15 is 0 Å². The maximum atomic E-state index is 12.7. The third-order valence-corrected chi connectivity index (χ3v) is 11.8. The van der Waals surface area contributed by atoms with E-state index in [1.807, 2.05) is 21.1 Å². The lowest BCUT2D eigenvalue weighted by Gasteiger charge is -2.28. The molecule has 0 saturated carbocycles. The summed E-state index contributed by atoms with van der Waals surface area (Å²) in [5.41, 5.74) is 0. The minimum absolute atomic E-state index is 0.0333. The monoisotopic (exact) mass is 894 g/mol. The van der Waals surface area contributed by atoms with Gasteiger partial charge in [-0.2, -0.15) is 0 Å². The van der Waals surface area contributed by atoms with Gasteiger partial charge < -0.3 is 27.9 Å². The highest BCUT2D eigenvalue weighted by atomic mass is 31.2. The van der Waals surface area contributed by atoms with Gasteiger partial charge in [0, 0.05) is 12.8 Å². The lowest BCUT2D eigenvalue weighted by atomic mass is 10.1. The van der Waals surface area contributed by atoms with Crippen molar-refractivity contribution >= 4 is 19.8 Å². The van der Waals surface area contributed by atoms with E-state index in [4.69, 9.17) is 18.5 Å². The van der Waals surface area contributed by atoms with Gasteiger partial charge in [-0.15, -0.1) is 0 Å². The molecule has 2 atom stereocenters. The zero-order valence-corrected chi connectivity index (χ0v) is 41.7. The van der Waals surface area contributed by atoms with Crippen molar-refractivity contribution in [1.29, 1.82) is 0 Å². The van der Waals surface area contributed by atoms with Crippen molar-refractivity contribution in [2.24, 2.45) is 0 Å². The average Bonchev–Trinajstić information content (AvgIpc) is 3.23. The Labute approximate surface area is 382 Å². The van der Waals surface area contributed by atoms with Crippen molar-refractivity contribution in [3.63, 3.8) is 0 Å². The van der Waals surface area contributed by atoms with Crippen molar-refractivity contribution in [2.45, 2.75) is 225 Å². The second-order valence-corrected chi connectivity index (χ2v) is 19.6. The van der Waals surface area contributed by atoms with Gasteiger partial charge in [0.15, 0.2) is 6.10 Å². The summed E-state index contributed by atoms with van der Waals surface area (Å²) in [7, 11) is 1.16. The molecular formula is C52H96NO8P. The van der Waals surface area contributed by atoms with Gasteiger partial charge in [0.05, 0.1) is 27.7 Å². The van der Waals surface area contributed by atoms with E-state index in [0.29, 0.717) is 17.4 Å². The van der Waals surface area contributed by atoms with Crippen LogP contribution in [0.3, 0.4) is 0 Å². The van der Waals surface area contributed by atoms with Gasteiger partial charge in [0.1, 0.15) is 19.8 Å². The third kappa shape index (κ3) is 47.4. The van der Waals surface area contributed by atoms with Gasteiger partial charge in [-0.05, 0) is 77.0 Å². The van der Waals surface area contributed by atoms with Crippen molar-refractivity contribution < 1.29 is 42.1 Å². The van der Waals surface area contributed by atoms with Crippen LogP contribution in [0.5, 0.6) is 0 Å². The van der Waals surface area contributed by atoms with Crippen molar-refractivity contribution in [3.05, 3.63) is 48.6 Å². The van der Waals surface area contributed by atoms with Crippen LogP contribution in [0.1, 0.15) is 219 Å². The second kappa shape index (κ2) is 44.2. The number of quaternary nitrogens is 1. The minimum Gasteiger partial charge on any atom is -0.756 e. The van der Waals surface area contributed by atoms with Crippen LogP contribution in [-0.2, 0) is 32.7 Å². The largest absolute Gasteiger partial charge is 0.756 e. The molecule has 0 aromatic heterocycles. The molecule has 0 aliphatic rings. The molecule has 0 rings (SSSR count). The number of hydrogen-bond acceptors (Lipinski definition) is 8. The average molecular weight is 894 g/mol. The quantitative estimate of drug-likeness (QED) is 0.0195. The van der Waals surface area contributed by atoms with E-state index in [2.05, 4.69) is 62.5 Å². The van der Waals surface area contributed by atoms with Crippen LogP contribution in [0.25, 0.3) is 0 Å². The van der Waals surface area contributed by atoms with Crippen LogP contribution in [0, 0.1) is 0 Å². The molecule has 0 N–H and O–H groups in total. The number of carbonyl (C=O) groups excluding carboxylic acids is 2. The fourth-order valence-electron chi connectivity index (χ4n) is 6.83. The number of phosphoric ester groups is 1. The third-order valence-electron chi connectivity index (χ3n) is 10.8. The maximum Gasteiger partial charge on any atom is 0.306 e. The number of rotatable bonds is 46. The number of hydrogen-bond donors (Lipinski definition) is 0. The Hall–Kier alpha value is -2.03. The smallest absolute Gasteiger partial charge is 0.306 e. The first-order valence-electron chi connectivity index (χ1n) is 25.3. The number of carbonyl (C=O) groups is 2. The molecule has 0 aliphatic heterocycles. The van der Waals surface area contributed by atoms with Crippen LogP contribution in [-0.4, -0.2) is 70.0 Å². The lowest BCUT2D eigenvalue weighted by Crippen LogP contribution is -2.37. The number of unbranched alkanes of at least 4 members (excludes halogenated alkanes) is 24. The van der Waals surface area contributed by atoms with Gasteiger partial charge in [-0.1, -0.05) is 178 Å². The Morgan fingerprint density at radius 2 is 0.871 bits per heavy atom. The van der Waals surface area contributed by atoms with E-state index in [1.165, 1.54) is 122 Å². The standard InChI is InChI=1S/C52H96NO8P/c1-6-8-10-12-14-16-18-20-22-24-26-28-30-32-34-36-38-40-42-44-51(54)58-48-50(49-60-62(56,57)59-47-46-53(3,4)5)61-52(55)45-43-41-39-37-35-33-31-29-27-25-23-21-19-17-15-13-11-9-7-2/h14-17,20-23,50H,6-13,18-19,24-49H2,1-5H3/b16-14-,17-15-,22-20-,23-21-. The second-order valence-electron chi connectivity index (χ2n) is 18.2. The molecule has 62 heavy (non-hydrogen) atoms. The summed E-state index contributed by atoms with van der Waals surface area (Å²) in [4.78, 5) is 37.7. The molecular weight excluding hydrogens is 798 g/mol. The fraction of sp³-hybridized carbons (Fsp3) is 0.808. The molecule has 0 bridgehead atoms. The summed E-state index contributed by atoms with van der Waals surface area (Å²) in [6.45, 7) is 4.19. The topological polar surface area (TPSA) is 111 Å². The molecule has 0 aromatic rings. The first-order valence-corrected chi connectivity index (χ1v) is 26.8. The number of esters is 2. The molecule has 362 valence electrons. The van der Waals surface area contributed by atoms with Crippen molar-refractivity contribution in [1.82, 2.24) is 0 Å². The van der Waals surface area contributed by atoms with E-state index < -0.39 is 26.5 Å². The minimum atomic E-state index is -4.63. The molecule has 9 nitrogen and oxygen atoms in total. The number of nitrogens with zero attached hydrogens (tertiary/aromatic N) is 1. The zero-order valence-electron chi connectivity index (χ0n) is 40.8. The normalized spacial score (nSPS) is 13.8. The fourth-order valence-corrected chi connectivity index (χ4v) is 7.56. The predicted octanol–water partition coefficient (Wildman–Crippen LogP) is 14.4.